The van der Waals surface area contributed by atoms with Gasteiger partial charge in [-0.3, -0.25) is 0 Å². The molecule has 0 unspecified atom stereocenters. The maximum Gasteiger partial charge on any atom is 0.506 e. The molecule has 0 amide bonds. The van der Waals surface area contributed by atoms with E-state index >= 15 is 0 Å². The topological polar surface area (TPSA) is 30.7 Å². The van der Waals surface area contributed by atoms with E-state index in [-0.39, 0.29) is 0 Å². The Balaban J connectivity index is 2.96. The predicted octanol–water partition coefficient (Wildman–Crippen LogP) is 1.21. The van der Waals surface area contributed by atoms with Gasteiger partial charge >= 0.3 is 6.30 Å². The van der Waals surface area contributed by atoms with Crippen LogP contribution in [-0.2, 0) is 6.30 Å². The largest absolute Gasteiger partial charge is 0.506 e. The summed E-state index contributed by atoms with van der Waals surface area (Å²) in [6.07, 6.45) is -2.93. The quantitative estimate of drug-likeness (QED) is 0.586. The van der Waals surface area contributed by atoms with Crippen LogP contribution in [0.1, 0.15) is 0 Å². The second-order valence-corrected chi connectivity index (χ2v) is 1.73. The molecule has 0 aliphatic rings. The van der Waals surface area contributed by atoms with Gasteiger partial charge in [0, 0.05) is 0 Å². The van der Waals surface area contributed by atoms with Gasteiger partial charge < -0.3 is 0 Å². The first-order valence-electron chi connectivity index (χ1n) is 2.08. The Morgan fingerprint density at radius 2 is 2.10 bits per heavy atom. The number of nitrogens with zero attached hydrogens (tertiary/aromatic N) is 3. The second-order valence-electron chi connectivity index (χ2n) is 1.37. The maximum atomic E-state index is 11.6. The molecule has 1 heterocycles. The molecule has 1 aromatic rings. The molecule has 0 atom stereocenters. The lowest BCUT2D eigenvalue weighted by atomic mass is 10.9. The standard InChI is InChI=1S/C3ClF3N3/c4-2-1-10(9-8-2)3(5,6)7. The van der Waals surface area contributed by atoms with Crippen LogP contribution >= 0.6 is 11.6 Å². The summed E-state index contributed by atoms with van der Waals surface area (Å²) >= 11 is 5.02. The minimum Gasteiger partial charge on any atom is -0.149 e. The maximum absolute atomic E-state index is 11.6. The van der Waals surface area contributed by atoms with Gasteiger partial charge in [-0.05, 0) is 0 Å². The van der Waals surface area contributed by atoms with Crippen molar-refractivity contribution < 1.29 is 13.2 Å². The number of aromatic nitrogens is 3. The highest BCUT2D eigenvalue weighted by Crippen LogP contribution is 2.20. The van der Waals surface area contributed by atoms with Crippen molar-refractivity contribution in [3.63, 3.8) is 0 Å². The molecule has 1 rings (SSSR count). The number of hydrogen-bond donors (Lipinski definition) is 0. The van der Waals surface area contributed by atoms with Crippen LogP contribution in [0.15, 0.2) is 0 Å². The van der Waals surface area contributed by atoms with Crippen LogP contribution in [0.5, 0.6) is 0 Å². The zero-order valence-corrected chi connectivity index (χ0v) is 5.11. The predicted molar refractivity (Wildman–Crippen MR) is 25.2 cm³/mol. The van der Waals surface area contributed by atoms with Gasteiger partial charge in [-0.2, -0.15) is 0 Å². The summed E-state index contributed by atoms with van der Waals surface area (Å²) in [7, 11) is 0. The summed E-state index contributed by atoms with van der Waals surface area (Å²) in [6.45, 7) is 0. The molecule has 0 aromatic carbocycles. The Bertz CT molecular complexity index is 229. The molecule has 0 N–H and O–H groups in total. The van der Waals surface area contributed by atoms with Crippen LogP contribution in [-0.4, -0.2) is 15.0 Å². The van der Waals surface area contributed by atoms with Crippen molar-refractivity contribution in [3.8, 4) is 0 Å². The minimum atomic E-state index is -4.58. The van der Waals surface area contributed by atoms with Crippen molar-refractivity contribution in [2.45, 2.75) is 6.30 Å². The van der Waals surface area contributed by atoms with E-state index in [0.29, 0.717) is 0 Å². The Kier molecular flexibility index (Phi) is 1.55. The van der Waals surface area contributed by atoms with Crippen LogP contribution in [0, 0.1) is 6.20 Å². The molecule has 0 bridgehead atoms. The van der Waals surface area contributed by atoms with Crippen molar-refractivity contribution in [2.75, 3.05) is 0 Å². The lowest BCUT2D eigenvalue weighted by molar-refractivity contribution is -0.213. The number of halogens is 4. The van der Waals surface area contributed by atoms with Crippen molar-refractivity contribution >= 4 is 11.6 Å². The van der Waals surface area contributed by atoms with Crippen molar-refractivity contribution in [3.05, 3.63) is 11.3 Å². The van der Waals surface area contributed by atoms with Crippen molar-refractivity contribution in [1.29, 1.82) is 0 Å². The highest BCUT2D eigenvalue weighted by molar-refractivity contribution is 6.29. The van der Waals surface area contributed by atoms with Crippen LogP contribution in [0.2, 0.25) is 5.15 Å². The van der Waals surface area contributed by atoms with Gasteiger partial charge in [0.25, 0.3) is 0 Å². The molecular formula is C3ClF3N3. The minimum absolute atomic E-state index is 0.394. The third-order valence-corrected chi connectivity index (χ3v) is 0.820. The summed E-state index contributed by atoms with van der Waals surface area (Å²) in [5, 5.41) is 5.12. The van der Waals surface area contributed by atoms with E-state index in [9.17, 15) is 13.2 Å². The summed E-state index contributed by atoms with van der Waals surface area (Å²) in [6, 6.07) is 0. The molecule has 7 heteroatoms. The fourth-order valence-corrected chi connectivity index (χ4v) is 0.444. The molecule has 3 nitrogen and oxygen atoms in total. The van der Waals surface area contributed by atoms with Gasteiger partial charge in [-0.15, -0.1) is 23.0 Å². The van der Waals surface area contributed by atoms with E-state index < -0.39 is 16.1 Å². The van der Waals surface area contributed by atoms with Crippen molar-refractivity contribution in [1.82, 2.24) is 15.0 Å². The molecule has 0 spiro atoms. The van der Waals surface area contributed by atoms with Crippen molar-refractivity contribution in [2.24, 2.45) is 0 Å². The molecule has 0 saturated heterocycles. The Morgan fingerprint density at radius 1 is 1.50 bits per heavy atom. The molecule has 0 saturated carbocycles. The Labute approximate surface area is 58.4 Å². The lowest BCUT2D eigenvalue weighted by Crippen LogP contribution is -2.17. The first-order chi connectivity index (χ1) is 4.50. The average Bonchev–Trinajstić information content (AvgIpc) is 2.11. The van der Waals surface area contributed by atoms with E-state index in [4.69, 9.17) is 11.6 Å². The first-order valence-corrected chi connectivity index (χ1v) is 2.45. The molecule has 55 valence electrons. The second kappa shape index (κ2) is 2.12. The highest BCUT2D eigenvalue weighted by atomic mass is 35.5. The summed E-state index contributed by atoms with van der Waals surface area (Å²) in [5.74, 6) is 0. The van der Waals surface area contributed by atoms with Crippen LogP contribution in [0.4, 0.5) is 13.2 Å². The monoisotopic (exact) mass is 170 g/mol. The van der Waals surface area contributed by atoms with Gasteiger partial charge in [0.2, 0.25) is 0 Å². The third-order valence-electron chi connectivity index (χ3n) is 0.660. The van der Waals surface area contributed by atoms with Gasteiger partial charge in [0.05, 0.1) is 0 Å². The molecule has 1 aromatic heterocycles. The first kappa shape index (κ1) is 7.33. The SMILES string of the molecule is FC(F)(F)n1[c]c(Cl)nn1. The zero-order chi connectivity index (χ0) is 7.78. The number of rotatable bonds is 0. The molecule has 10 heavy (non-hydrogen) atoms. The van der Waals surface area contributed by atoms with E-state index in [1.807, 2.05) is 0 Å². The summed E-state index contributed by atoms with van der Waals surface area (Å²) in [5.41, 5.74) is 0. The fourth-order valence-electron chi connectivity index (χ4n) is 0.330. The van der Waals surface area contributed by atoms with E-state index in [2.05, 4.69) is 10.3 Å². The highest BCUT2D eigenvalue weighted by Gasteiger charge is 2.32. The molecule has 1 radical (unpaired) electrons. The average molecular weight is 171 g/mol. The Hall–Kier alpha value is -0.780. The van der Waals surface area contributed by atoms with Gasteiger partial charge in [-0.25, -0.2) is 0 Å². The molecule has 0 fully saturated rings. The van der Waals surface area contributed by atoms with Gasteiger partial charge in [0.1, 0.15) is 6.20 Å². The zero-order valence-electron chi connectivity index (χ0n) is 4.35. The van der Waals surface area contributed by atoms with Crippen LogP contribution in [0.3, 0.4) is 0 Å². The fraction of sp³-hybridized carbons (Fsp3) is 0.333. The smallest absolute Gasteiger partial charge is 0.149 e. The lowest BCUT2D eigenvalue weighted by Gasteiger charge is -2.01. The number of hydrogen-bond acceptors (Lipinski definition) is 2. The van der Waals surface area contributed by atoms with Crippen LogP contribution in [0.25, 0.3) is 0 Å². The van der Waals surface area contributed by atoms with Crippen LogP contribution < -0.4 is 0 Å². The van der Waals surface area contributed by atoms with Gasteiger partial charge in [0.15, 0.2) is 5.15 Å². The molecule has 0 aliphatic carbocycles. The molecule has 0 aliphatic heterocycles. The number of alkyl halides is 3. The van der Waals surface area contributed by atoms with Gasteiger partial charge in [-0.1, -0.05) is 16.8 Å². The Morgan fingerprint density at radius 3 is 2.30 bits per heavy atom. The van der Waals surface area contributed by atoms with E-state index in [1.165, 1.54) is 0 Å². The summed E-state index contributed by atoms with van der Waals surface area (Å²) in [4.78, 5) is 0. The summed E-state index contributed by atoms with van der Waals surface area (Å²) < 4.78 is 34.3. The van der Waals surface area contributed by atoms with E-state index in [0.717, 1.165) is 0 Å². The normalized spacial score (nSPS) is 12.0. The van der Waals surface area contributed by atoms with E-state index in [1.54, 1.807) is 6.20 Å². The third kappa shape index (κ3) is 1.38. The molecular weight excluding hydrogens is 171 g/mol.